The molecule has 1 aliphatic heterocycles. The third kappa shape index (κ3) is 3.72. The molecule has 6 nitrogen and oxygen atoms in total. The Hall–Kier alpha value is -3.80. The minimum atomic E-state index is -1.68. The molecule has 0 radical (unpaired) electrons. The Labute approximate surface area is 175 Å². The molecule has 4 rings (SSSR count). The summed E-state index contributed by atoms with van der Waals surface area (Å²) in [6.07, 6.45) is 0. The Balaban J connectivity index is 1.52. The predicted octanol–water partition coefficient (Wildman–Crippen LogP) is 4.34. The zero-order chi connectivity index (χ0) is 21.1. The van der Waals surface area contributed by atoms with Crippen LogP contribution in [-0.4, -0.2) is 17.4 Å². The van der Waals surface area contributed by atoms with Crippen molar-refractivity contribution in [2.75, 3.05) is 16.0 Å². The first-order chi connectivity index (χ1) is 14.5. The first-order valence-electron chi connectivity index (χ1n) is 9.76. The number of carbonyl (C=O) groups excluding carboxylic acids is 2. The molecule has 3 aromatic carbocycles. The largest absolute Gasteiger partial charge is 0.466 e. The van der Waals surface area contributed by atoms with E-state index in [0.717, 1.165) is 11.3 Å². The van der Waals surface area contributed by atoms with E-state index in [1.165, 1.54) is 12.5 Å². The molecule has 1 atom stereocenters. The average Bonchev–Trinajstić information content (AvgIpc) is 2.75. The number of para-hydroxylation sites is 4. The van der Waals surface area contributed by atoms with Crippen molar-refractivity contribution < 1.29 is 14.3 Å². The van der Waals surface area contributed by atoms with Crippen molar-refractivity contribution in [2.45, 2.75) is 26.0 Å². The molecule has 0 aliphatic carbocycles. The summed E-state index contributed by atoms with van der Waals surface area (Å²) in [5.41, 5.74) is 2.55. The highest BCUT2D eigenvalue weighted by Crippen LogP contribution is 2.34. The van der Waals surface area contributed by atoms with Crippen molar-refractivity contribution in [3.05, 3.63) is 83.9 Å². The number of amides is 2. The predicted molar refractivity (Wildman–Crippen MR) is 118 cm³/mol. The fourth-order valence-corrected chi connectivity index (χ4v) is 3.30. The zero-order valence-corrected chi connectivity index (χ0v) is 16.9. The Kier molecular flexibility index (Phi) is 5.14. The maximum Gasteiger partial charge on any atom is 0.278 e. The van der Waals surface area contributed by atoms with E-state index < -0.39 is 17.4 Å². The summed E-state index contributed by atoms with van der Waals surface area (Å²) in [5.74, 6) is -0.593. The van der Waals surface area contributed by atoms with Gasteiger partial charge in [-0.25, -0.2) is 0 Å². The van der Waals surface area contributed by atoms with Gasteiger partial charge in [-0.3, -0.25) is 9.59 Å². The lowest BCUT2D eigenvalue weighted by Crippen LogP contribution is -2.56. The number of benzene rings is 3. The second-order valence-corrected chi connectivity index (χ2v) is 7.37. The number of nitrogens with one attached hydrogen (secondary N) is 3. The summed E-state index contributed by atoms with van der Waals surface area (Å²) in [7, 11) is 0. The summed E-state index contributed by atoms with van der Waals surface area (Å²) in [6, 6.07) is 22.5. The van der Waals surface area contributed by atoms with Gasteiger partial charge in [0.15, 0.2) is 0 Å². The van der Waals surface area contributed by atoms with Crippen LogP contribution in [0, 0.1) is 6.92 Å². The Morgan fingerprint density at radius 3 is 2.43 bits per heavy atom. The number of ether oxygens (including phenoxy) is 1. The van der Waals surface area contributed by atoms with Crippen molar-refractivity contribution in [2.24, 2.45) is 0 Å². The molecule has 30 heavy (non-hydrogen) atoms. The van der Waals surface area contributed by atoms with Gasteiger partial charge >= 0.3 is 0 Å². The summed E-state index contributed by atoms with van der Waals surface area (Å²) < 4.78 is 5.81. The van der Waals surface area contributed by atoms with Gasteiger partial charge in [0.1, 0.15) is 5.75 Å². The Morgan fingerprint density at radius 1 is 0.967 bits per heavy atom. The molecule has 0 fully saturated rings. The lowest BCUT2D eigenvalue weighted by molar-refractivity contribution is -0.143. The summed E-state index contributed by atoms with van der Waals surface area (Å²) in [5, 5.41) is 8.95. The lowest BCUT2D eigenvalue weighted by atomic mass is 10.0. The van der Waals surface area contributed by atoms with Crippen LogP contribution >= 0.6 is 0 Å². The molecule has 0 saturated heterocycles. The number of hydrogen-bond acceptors (Lipinski definition) is 4. The molecular formula is C24H23N3O3. The number of carbonyl (C=O) groups is 2. The molecule has 3 aromatic rings. The fraction of sp³-hybridized carbons (Fsp3) is 0.167. The zero-order valence-electron chi connectivity index (χ0n) is 16.9. The summed E-state index contributed by atoms with van der Waals surface area (Å²) in [4.78, 5) is 25.7. The molecule has 152 valence electrons. The third-order valence-corrected chi connectivity index (χ3v) is 5.22. The number of fused-ring (bicyclic) bond motifs is 1. The number of hydrogen-bond donors (Lipinski definition) is 3. The minimum Gasteiger partial charge on any atom is -0.466 e. The Bertz CT molecular complexity index is 1110. The maximum atomic E-state index is 13.1. The minimum absolute atomic E-state index is 0.459. The van der Waals surface area contributed by atoms with Crippen molar-refractivity contribution in [3.63, 3.8) is 0 Å². The Morgan fingerprint density at radius 2 is 1.63 bits per heavy atom. The molecule has 1 heterocycles. The quantitative estimate of drug-likeness (QED) is 0.556. The van der Waals surface area contributed by atoms with E-state index in [2.05, 4.69) is 35.0 Å². The number of aryl methyl sites for hydroxylation is 1. The fourth-order valence-electron chi connectivity index (χ4n) is 3.30. The topological polar surface area (TPSA) is 79.5 Å². The van der Waals surface area contributed by atoms with Crippen LogP contribution in [0.4, 0.5) is 17.1 Å². The van der Waals surface area contributed by atoms with Gasteiger partial charge in [0, 0.05) is 6.54 Å². The second-order valence-electron chi connectivity index (χ2n) is 7.37. The number of anilines is 3. The van der Waals surface area contributed by atoms with Gasteiger partial charge in [-0.15, -0.1) is 0 Å². The van der Waals surface area contributed by atoms with Crippen LogP contribution in [0.25, 0.3) is 0 Å². The maximum absolute atomic E-state index is 13.1. The van der Waals surface area contributed by atoms with Gasteiger partial charge < -0.3 is 20.7 Å². The highest BCUT2D eigenvalue weighted by atomic mass is 16.5. The van der Waals surface area contributed by atoms with Gasteiger partial charge in [0.05, 0.1) is 17.1 Å². The monoisotopic (exact) mass is 401 g/mol. The molecule has 6 heteroatoms. The van der Waals surface area contributed by atoms with Crippen molar-refractivity contribution >= 4 is 28.9 Å². The smallest absolute Gasteiger partial charge is 0.278 e. The van der Waals surface area contributed by atoms with Crippen LogP contribution < -0.4 is 20.7 Å². The van der Waals surface area contributed by atoms with Gasteiger partial charge in [-0.05, 0) is 49.2 Å². The first-order valence-corrected chi connectivity index (χ1v) is 9.76. The summed E-state index contributed by atoms with van der Waals surface area (Å²) >= 11 is 0. The van der Waals surface area contributed by atoms with Gasteiger partial charge in [0.2, 0.25) is 0 Å². The van der Waals surface area contributed by atoms with Crippen LogP contribution in [0.15, 0.2) is 72.8 Å². The molecule has 0 aromatic heterocycles. The van der Waals surface area contributed by atoms with E-state index in [9.17, 15) is 9.59 Å². The van der Waals surface area contributed by atoms with Crippen LogP contribution in [0.2, 0.25) is 0 Å². The van der Waals surface area contributed by atoms with E-state index in [4.69, 9.17) is 4.74 Å². The highest BCUT2D eigenvalue weighted by molar-refractivity contribution is 6.19. The van der Waals surface area contributed by atoms with Crippen molar-refractivity contribution in [1.29, 1.82) is 0 Å². The third-order valence-electron chi connectivity index (χ3n) is 5.22. The molecule has 1 aliphatic rings. The van der Waals surface area contributed by atoms with E-state index in [-0.39, 0.29) is 0 Å². The van der Waals surface area contributed by atoms with Gasteiger partial charge in [0.25, 0.3) is 17.4 Å². The second kappa shape index (κ2) is 7.91. The molecule has 0 saturated carbocycles. The molecular weight excluding hydrogens is 378 g/mol. The molecule has 1 unspecified atom stereocenters. The van der Waals surface area contributed by atoms with E-state index in [0.29, 0.717) is 23.7 Å². The van der Waals surface area contributed by atoms with E-state index >= 15 is 0 Å². The first kappa shape index (κ1) is 19.5. The SMILES string of the molecule is Cc1ccccc1CNc1ccccc1NC(=O)C1(C)Oc2ccccc2NC1=O. The summed E-state index contributed by atoms with van der Waals surface area (Å²) in [6.45, 7) is 4.14. The molecule has 0 bridgehead atoms. The van der Waals surface area contributed by atoms with Crippen LogP contribution in [0.5, 0.6) is 5.75 Å². The van der Waals surface area contributed by atoms with Crippen molar-refractivity contribution in [1.82, 2.24) is 0 Å². The average molecular weight is 401 g/mol. The van der Waals surface area contributed by atoms with Crippen molar-refractivity contribution in [3.8, 4) is 5.75 Å². The number of rotatable bonds is 5. The van der Waals surface area contributed by atoms with Crippen LogP contribution in [-0.2, 0) is 16.1 Å². The van der Waals surface area contributed by atoms with Gasteiger partial charge in [-0.1, -0.05) is 48.5 Å². The molecule has 3 N–H and O–H groups in total. The molecule has 0 spiro atoms. The van der Waals surface area contributed by atoms with E-state index in [1.54, 1.807) is 30.3 Å². The van der Waals surface area contributed by atoms with E-state index in [1.807, 2.05) is 30.3 Å². The normalized spacial score (nSPS) is 17.3. The van der Waals surface area contributed by atoms with Gasteiger partial charge in [-0.2, -0.15) is 0 Å². The van der Waals surface area contributed by atoms with Crippen LogP contribution in [0.3, 0.4) is 0 Å². The lowest BCUT2D eigenvalue weighted by Gasteiger charge is -2.33. The van der Waals surface area contributed by atoms with Crippen LogP contribution in [0.1, 0.15) is 18.1 Å². The molecule has 2 amide bonds. The highest BCUT2D eigenvalue weighted by Gasteiger charge is 2.47. The standard InChI is InChI=1S/C24H23N3O3/c1-16-9-3-4-10-17(16)15-25-18-11-5-6-12-19(18)26-22(28)24(2)23(29)27-20-13-7-8-14-21(20)30-24/h3-14,25H,15H2,1-2H3,(H,26,28)(H,27,29).